The maximum atomic E-state index is 14.8. The fourth-order valence-corrected chi connectivity index (χ4v) is 3.98. The number of fused-ring (bicyclic) bond motifs is 1. The second-order valence-corrected chi connectivity index (χ2v) is 8.12. The van der Waals surface area contributed by atoms with Crippen molar-refractivity contribution in [2.24, 2.45) is 5.10 Å². The molecule has 0 aliphatic carbocycles. The summed E-state index contributed by atoms with van der Waals surface area (Å²) >= 11 is 0. The Bertz CT molecular complexity index is 1260. The quantitative estimate of drug-likeness (QED) is 0.519. The first-order valence-corrected chi connectivity index (χ1v) is 11.0. The number of para-hydroxylation sites is 1. The van der Waals surface area contributed by atoms with Gasteiger partial charge in [-0.1, -0.05) is 12.1 Å². The molecule has 182 valence electrons. The van der Waals surface area contributed by atoms with E-state index in [2.05, 4.69) is 10.4 Å². The van der Waals surface area contributed by atoms with Crippen LogP contribution in [0.1, 0.15) is 18.1 Å². The van der Waals surface area contributed by atoms with E-state index in [0.29, 0.717) is 33.9 Å². The Kier molecular flexibility index (Phi) is 6.86. The van der Waals surface area contributed by atoms with Gasteiger partial charge in [0.15, 0.2) is 11.5 Å². The van der Waals surface area contributed by atoms with Crippen molar-refractivity contribution in [3.05, 3.63) is 77.4 Å². The number of halogens is 2. The number of benzene rings is 3. The smallest absolute Gasteiger partial charge is 0.344 e. The van der Waals surface area contributed by atoms with Gasteiger partial charge >= 0.3 is 6.03 Å². The molecule has 1 aliphatic rings. The molecule has 0 fully saturated rings. The lowest BCUT2D eigenvalue weighted by molar-refractivity contribution is 0.190. The third-order valence-corrected chi connectivity index (χ3v) is 5.88. The number of amides is 2. The highest BCUT2D eigenvalue weighted by molar-refractivity contribution is 5.94. The molecule has 0 spiro atoms. The predicted octanol–water partition coefficient (Wildman–Crippen LogP) is 5.56. The molecule has 4 rings (SSSR count). The molecule has 2 amide bonds. The lowest BCUT2D eigenvalue weighted by Crippen LogP contribution is -2.43. The van der Waals surface area contributed by atoms with Crippen LogP contribution in [0.4, 0.5) is 30.6 Å². The van der Waals surface area contributed by atoms with E-state index in [1.165, 1.54) is 42.5 Å². The molecule has 1 atom stereocenters. The maximum absolute atomic E-state index is 14.8. The zero-order valence-electron chi connectivity index (χ0n) is 19.9. The Labute approximate surface area is 202 Å². The largest absolute Gasteiger partial charge is 0.493 e. The SMILES string of the molecule is COc1cc(F)c2c(c1OC)C=NN(C(=O)N(C)c1ccc(Nc3ccccc3F)cc1)C(C)C2. The van der Waals surface area contributed by atoms with E-state index in [1.807, 2.05) is 0 Å². The summed E-state index contributed by atoms with van der Waals surface area (Å²) in [5.41, 5.74) is 2.49. The van der Waals surface area contributed by atoms with Gasteiger partial charge < -0.3 is 14.8 Å². The molecule has 1 heterocycles. The minimum atomic E-state index is -0.448. The summed E-state index contributed by atoms with van der Waals surface area (Å²) in [6.07, 6.45) is 1.67. The highest BCUT2D eigenvalue weighted by Gasteiger charge is 2.30. The van der Waals surface area contributed by atoms with Crippen molar-refractivity contribution in [1.29, 1.82) is 0 Å². The maximum Gasteiger partial charge on any atom is 0.344 e. The zero-order valence-corrected chi connectivity index (χ0v) is 19.9. The number of methoxy groups -OCH3 is 2. The minimum absolute atomic E-state index is 0.243. The average molecular weight is 481 g/mol. The molecule has 0 aromatic heterocycles. The summed E-state index contributed by atoms with van der Waals surface area (Å²) in [4.78, 5) is 14.8. The van der Waals surface area contributed by atoms with Crippen molar-refractivity contribution in [3.63, 3.8) is 0 Å². The Morgan fingerprint density at radius 3 is 2.46 bits per heavy atom. The van der Waals surface area contributed by atoms with E-state index < -0.39 is 11.9 Å². The van der Waals surface area contributed by atoms with Crippen molar-refractivity contribution in [3.8, 4) is 11.5 Å². The van der Waals surface area contributed by atoms with Gasteiger partial charge in [0, 0.05) is 35.6 Å². The Morgan fingerprint density at radius 1 is 1.09 bits per heavy atom. The van der Waals surface area contributed by atoms with E-state index >= 15 is 0 Å². The standard InChI is InChI=1S/C26H26F2N4O3/c1-16-13-19-20(25(35-4)24(34-3)14-22(19)28)15-29-32(16)26(33)31(2)18-11-9-17(10-12-18)30-23-8-6-5-7-21(23)27/h5-12,14-16,30H,13H2,1-4H3. The first-order chi connectivity index (χ1) is 16.8. The third kappa shape index (κ3) is 4.75. The van der Waals surface area contributed by atoms with Gasteiger partial charge in [-0.2, -0.15) is 5.10 Å². The number of carbonyl (C=O) groups is 1. The number of rotatable bonds is 5. The van der Waals surface area contributed by atoms with E-state index in [0.717, 1.165) is 0 Å². The number of carbonyl (C=O) groups excluding carboxylic acids is 1. The van der Waals surface area contributed by atoms with E-state index in [4.69, 9.17) is 9.47 Å². The van der Waals surface area contributed by atoms with Gasteiger partial charge in [0.1, 0.15) is 11.6 Å². The number of hydrazone groups is 1. The number of anilines is 3. The monoisotopic (exact) mass is 480 g/mol. The van der Waals surface area contributed by atoms with Gasteiger partial charge in [-0.15, -0.1) is 0 Å². The molecule has 35 heavy (non-hydrogen) atoms. The van der Waals surface area contributed by atoms with Gasteiger partial charge in [0.25, 0.3) is 0 Å². The summed E-state index contributed by atoms with van der Waals surface area (Å²) in [7, 11) is 4.54. The molecule has 3 aromatic carbocycles. The number of hydrogen-bond donors (Lipinski definition) is 1. The van der Waals surface area contributed by atoms with E-state index in [9.17, 15) is 13.6 Å². The Balaban J connectivity index is 1.55. The third-order valence-electron chi connectivity index (χ3n) is 5.88. The van der Waals surface area contributed by atoms with Gasteiger partial charge in [-0.3, -0.25) is 4.90 Å². The summed E-state index contributed by atoms with van der Waals surface area (Å²) < 4.78 is 39.4. The normalized spacial score (nSPS) is 14.7. The van der Waals surface area contributed by atoms with Crippen molar-refractivity contribution in [2.45, 2.75) is 19.4 Å². The Morgan fingerprint density at radius 2 is 1.80 bits per heavy atom. The van der Waals surface area contributed by atoms with E-state index in [-0.39, 0.29) is 24.0 Å². The lowest BCUT2D eigenvalue weighted by atomic mass is 9.99. The van der Waals surface area contributed by atoms with Gasteiger partial charge in [0.2, 0.25) is 0 Å². The van der Waals surface area contributed by atoms with Crippen molar-refractivity contribution in [2.75, 3.05) is 31.5 Å². The second kappa shape index (κ2) is 10.0. The first-order valence-electron chi connectivity index (χ1n) is 11.0. The van der Waals surface area contributed by atoms with Gasteiger partial charge in [0.05, 0.1) is 32.2 Å². The van der Waals surface area contributed by atoms with Crippen LogP contribution >= 0.6 is 0 Å². The number of urea groups is 1. The molecule has 0 saturated heterocycles. The van der Waals surface area contributed by atoms with Crippen LogP contribution in [-0.4, -0.2) is 44.6 Å². The van der Waals surface area contributed by atoms with Gasteiger partial charge in [-0.25, -0.2) is 18.6 Å². The van der Waals surface area contributed by atoms with E-state index in [1.54, 1.807) is 56.4 Å². The molecule has 1 N–H and O–H groups in total. The zero-order chi connectivity index (χ0) is 25.1. The van der Waals surface area contributed by atoms with Crippen LogP contribution in [0, 0.1) is 11.6 Å². The van der Waals surface area contributed by atoms with Crippen molar-refractivity contribution in [1.82, 2.24) is 5.01 Å². The summed E-state index contributed by atoms with van der Waals surface area (Å²) in [6, 6.07) is 13.8. The molecule has 3 aromatic rings. The fraction of sp³-hybridized carbons (Fsp3) is 0.231. The molecular formula is C26H26F2N4O3. The number of nitrogens with zero attached hydrogens (tertiary/aromatic N) is 3. The molecule has 1 aliphatic heterocycles. The predicted molar refractivity (Wildman–Crippen MR) is 132 cm³/mol. The van der Waals surface area contributed by atoms with Crippen molar-refractivity contribution >= 4 is 29.3 Å². The lowest BCUT2D eigenvalue weighted by Gasteiger charge is -2.28. The molecule has 0 saturated carbocycles. The number of nitrogens with one attached hydrogen (secondary N) is 1. The molecule has 1 unspecified atom stereocenters. The summed E-state index contributed by atoms with van der Waals surface area (Å²) in [5, 5.41) is 8.69. The fourth-order valence-electron chi connectivity index (χ4n) is 3.98. The Hall–Kier alpha value is -4.14. The van der Waals surface area contributed by atoms with Crippen molar-refractivity contribution < 1.29 is 23.0 Å². The molecule has 0 bridgehead atoms. The molecule has 0 radical (unpaired) electrons. The van der Waals surface area contributed by atoms with Crippen LogP contribution in [0.2, 0.25) is 0 Å². The van der Waals surface area contributed by atoms with Gasteiger partial charge in [-0.05, 0) is 49.7 Å². The van der Waals surface area contributed by atoms with Crippen LogP contribution in [-0.2, 0) is 6.42 Å². The number of ether oxygens (including phenoxy) is 2. The molecule has 9 heteroatoms. The first kappa shape index (κ1) is 24.0. The molecular weight excluding hydrogens is 454 g/mol. The summed E-state index contributed by atoms with van der Waals surface area (Å²) in [5.74, 6) is -0.190. The second-order valence-electron chi connectivity index (χ2n) is 8.12. The van der Waals surface area contributed by atoms with Crippen LogP contribution < -0.4 is 19.7 Å². The minimum Gasteiger partial charge on any atom is -0.493 e. The highest BCUT2D eigenvalue weighted by atomic mass is 19.1. The van der Waals surface area contributed by atoms with Crippen LogP contribution in [0.3, 0.4) is 0 Å². The van der Waals surface area contributed by atoms with Crippen LogP contribution in [0.25, 0.3) is 0 Å². The molecule has 7 nitrogen and oxygen atoms in total. The highest BCUT2D eigenvalue weighted by Crippen LogP contribution is 2.36. The average Bonchev–Trinajstić information content (AvgIpc) is 3.04. The summed E-state index contributed by atoms with van der Waals surface area (Å²) in [6.45, 7) is 1.80. The number of hydrogen-bond acceptors (Lipinski definition) is 5. The van der Waals surface area contributed by atoms with Crippen LogP contribution in [0.15, 0.2) is 59.7 Å². The van der Waals surface area contributed by atoms with Crippen LogP contribution in [0.5, 0.6) is 11.5 Å². The topological polar surface area (TPSA) is 66.4 Å².